The molecule has 5 aromatic rings. The highest BCUT2D eigenvalue weighted by Gasteiger charge is 2.28. The van der Waals surface area contributed by atoms with E-state index in [2.05, 4.69) is 30.8 Å². The van der Waals surface area contributed by atoms with Crippen LogP contribution >= 0.6 is 0 Å². The van der Waals surface area contributed by atoms with Crippen molar-refractivity contribution in [2.45, 2.75) is 58.4 Å². The fourth-order valence-corrected chi connectivity index (χ4v) is 5.44. The van der Waals surface area contributed by atoms with Gasteiger partial charge in [0.15, 0.2) is 5.52 Å². The lowest BCUT2D eigenvalue weighted by Gasteiger charge is -2.22. The standard InChI is InChI=1S/C29H28N8O4/c1-17(38)40-28-24-25(29(34-33-28)41-18(2)39)37(27(30-24)21-8-4-3-5-9-21)16-19-12-14-20(15-13-19)22-10-6-7-11-23(22)26-31-35-36-32-26/h6-7,10-15,21H,3-5,8-9,16H2,1-2H3,(H,31,32,35,36). The zero-order valence-corrected chi connectivity index (χ0v) is 22.7. The van der Waals surface area contributed by atoms with Crippen LogP contribution in [0, 0.1) is 0 Å². The number of benzene rings is 2. The van der Waals surface area contributed by atoms with Gasteiger partial charge in [0, 0.05) is 31.9 Å². The topological polar surface area (TPSA) is 151 Å². The highest BCUT2D eigenvalue weighted by molar-refractivity contribution is 5.88. The third-order valence-electron chi connectivity index (χ3n) is 7.20. The summed E-state index contributed by atoms with van der Waals surface area (Å²) in [5.41, 5.74) is 4.67. The first kappa shape index (κ1) is 26.2. The maximum Gasteiger partial charge on any atom is 0.309 e. The van der Waals surface area contributed by atoms with Gasteiger partial charge in [-0.15, -0.1) is 20.4 Å². The van der Waals surface area contributed by atoms with Crippen molar-refractivity contribution in [1.82, 2.24) is 40.4 Å². The van der Waals surface area contributed by atoms with E-state index >= 15 is 0 Å². The number of fused-ring (bicyclic) bond motifs is 1. The summed E-state index contributed by atoms with van der Waals surface area (Å²) >= 11 is 0. The van der Waals surface area contributed by atoms with Crippen LogP contribution < -0.4 is 9.47 Å². The predicted molar refractivity (Wildman–Crippen MR) is 148 cm³/mol. The normalized spacial score (nSPS) is 13.8. The molecule has 1 aliphatic carbocycles. The van der Waals surface area contributed by atoms with Crippen molar-refractivity contribution in [2.24, 2.45) is 0 Å². The number of H-pyrrole nitrogens is 1. The van der Waals surface area contributed by atoms with Gasteiger partial charge in [-0.1, -0.05) is 67.8 Å². The molecule has 0 unspecified atom stereocenters. The summed E-state index contributed by atoms with van der Waals surface area (Å²) in [7, 11) is 0. The quantitative estimate of drug-likeness (QED) is 0.283. The van der Waals surface area contributed by atoms with Gasteiger partial charge in [0.25, 0.3) is 11.8 Å². The molecule has 1 fully saturated rings. The Balaban J connectivity index is 1.43. The number of imidazole rings is 1. The predicted octanol–water partition coefficient (Wildman–Crippen LogP) is 4.62. The Labute approximate surface area is 235 Å². The minimum absolute atomic E-state index is 0.00682. The van der Waals surface area contributed by atoms with Crippen LogP contribution in [0.4, 0.5) is 0 Å². The number of ether oxygens (including phenoxy) is 2. The number of rotatable bonds is 7. The number of nitrogens with zero attached hydrogens (tertiary/aromatic N) is 7. The largest absolute Gasteiger partial charge is 0.404 e. The van der Waals surface area contributed by atoms with E-state index in [1.54, 1.807) is 0 Å². The number of hydrogen-bond donors (Lipinski definition) is 1. The first-order valence-electron chi connectivity index (χ1n) is 13.5. The number of aromatic nitrogens is 8. The van der Waals surface area contributed by atoms with Crippen molar-refractivity contribution >= 4 is 23.0 Å². The summed E-state index contributed by atoms with van der Waals surface area (Å²) in [6.07, 6.45) is 5.37. The second-order valence-corrected chi connectivity index (χ2v) is 10.1. The van der Waals surface area contributed by atoms with Crippen LogP contribution in [0.2, 0.25) is 0 Å². The van der Waals surface area contributed by atoms with Crippen molar-refractivity contribution in [3.63, 3.8) is 0 Å². The maximum absolute atomic E-state index is 12.0. The zero-order valence-electron chi connectivity index (χ0n) is 22.7. The average molecular weight is 553 g/mol. The number of tetrazole rings is 1. The molecule has 0 aliphatic heterocycles. The molecule has 41 heavy (non-hydrogen) atoms. The molecule has 12 heteroatoms. The van der Waals surface area contributed by atoms with Crippen LogP contribution in [0.25, 0.3) is 33.5 Å². The molecule has 0 saturated heterocycles. The van der Waals surface area contributed by atoms with E-state index < -0.39 is 11.9 Å². The van der Waals surface area contributed by atoms with E-state index in [1.807, 2.05) is 53.1 Å². The van der Waals surface area contributed by atoms with Crippen LogP contribution in [-0.4, -0.2) is 52.3 Å². The minimum Gasteiger partial charge on any atom is -0.404 e. The molecule has 1 N–H and O–H groups in total. The van der Waals surface area contributed by atoms with E-state index in [4.69, 9.17) is 14.5 Å². The second-order valence-electron chi connectivity index (χ2n) is 10.1. The molecule has 2 aromatic carbocycles. The van der Waals surface area contributed by atoms with E-state index in [-0.39, 0.29) is 17.7 Å². The maximum atomic E-state index is 12.0. The number of nitrogens with one attached hydrogen (secondary N) is 1. The lowest BCUT2D eigenvalue weighted by molar-refractivity contribution is -0.133. The number of aromatic amines is 1. The molecule has 3 heterocycles. The Kier molecular flexibility index (Phi) is 7.19. The van der Waals surface area contributed by atoms with Crippen LogP contribution in [0.15, 0.2) is 48.5 Å². The zero-order chi connectivity index (χ0) is 28.3. The molecule has 208 valence electrons. The molecule has 0 radical (unpaired) electrons. The van der Waals surface area contributed by atoms with Gasteiger partial charge in [0.2, 0.25) is 5.82 Å². The highest BCUT2D eigenvalue weighted by atomic mass is 16.6. The molecule has 0 bridgehead atoms. The van der Waals surface area contributed by atoms with Gasteiger partial charge >= 0.3 is 11.9 Å². The van der Waals surface area contributed by atoms with Crippen molar-refractivity contribution in [1.29, 1.82) is 0 Å². The van der Waals surface area contributed by atoms with Gasteiger partial charge in [-0.3, -0.25) is 9.59 Å². The Morgan fingerprint density at radius 1 is 0.878 bits per heavy atom. The smallest absolute Gasteiger partial charge is 0.309 e. The van der Waals surface area contributed by atoms with Gasteiger partial charge in [-0.2, -0.15) is 5.21 Å². The van der Waals surface area contributed by atoms with Crippen LogP contribution in [0.3, 0.4) is 0 Å². The van der Waals surface area contributed by atoms with Crippen molar-refractivity contribution in [2.75, 3.05) is 0 Å². The van der Waals surface area contributed by atoms with E-state index in [0.29, 0.717) is 23.4 Å². The minimum atomic E-state index is -0.536. The van der Waals surface area contributed by atoms with E-state index in [9.17, 15) is 9.59 Å². The Morgan fingerprint density at radius 3 is 2.24 bits per heavy atom. The van der Waals surface area contributed by atoms with Gasteiger partial charge in [-0.05, 0) is 34.7 Å². The molecular formula is C29H28N8O4. The van der Waals surface area contributed by atoms with Crippen molar-refractivity contribution in [3.8, 4) is 34.3 Å². The van der Waals surface area contributed by atoms with Gasteiger partial charge in [0.05, 0.1) is 0 Å². The lowest BCUT2D eigenvalue weighted by Crippen LogP contribution is -2.14. The Morgan fingerprint density at radius 2 is 1.56 bits per heavy atom. The van der Waals surface area contributed by atoms with Crippen LogP contribution in [0.1, 0.15) is 63.3 Å². The first-order valence-corrected chi connectivity index (χ1v) is 13.5. The molecular weight excluding hydrogens is 524 g/mol. The van der Waals surface area contributed by atoms with Crippen molar-refractivity contribution in [3.05, 3.63) is 59.9 Å². The fourth-order valence-electron chi connectivity index (χ4n) is 5.44. The summed E-state index contributed by atoms with van der Waals surface area (Å²) in [5, 5.41) is 22.6. The molecule has 3 aromatic heterocycles. The highest BCUT2D eigenvalue weighted by Crippen LogP contribution is 2.38. The van der Waals surface area contributed by atoms with Gasteiger partial charge in [-0.25, -0.2) is 4.98 Å². The molecule has 12 nitrogen and oxygen atoms in total. The Hall–Kier alpha value is -5.00. The third kappa shape index (κ3) is 5.40. The number of hydrogen-bond acceptors (Lipinski definition) is 10. The summed E-state index contributed by atoms with van der Waals surface area (Å²) in [6, 6.07) is 16.1. The number of esters is 2. The summed E-state index contributed by atoms with van der Waals surface area (Å²) in [4.78, 5) is 28.7. The van der Waals surface area contributed by atoms with Crippen LogP contribution in [-0.2, 0) is 16.1 Å². The van der Waals surface area contributed by atoms with E-state index in [1.165, 1.54) is 20.3 Å². The average Bonchev–Trinajstić information content (AvgIpc) is 3.64. The summed E-state index contributed by atoms with van der Waals surface area (Å²) in [5.74, 6) is 0.518. The second kappa shape index (κ2) is 11.2. The summed E-state index contributed by atoms with van der Waals surface area (Å²) < 4.78 is 12.8. The molecule has 0 amide bonds. The SMILES string of the molecule is CC(=O)Oc1nnc(OC(C)=O)c2c1nc(C1CCCCC1)n2Cc1ccc(-c2ccccc2-c2nn[nH]n2)cc1. The molecule has 6 rings (SSSR count). The van der Waals surface area contributed by atoms with Crippen molar-refractivity contribution < 1.29 is 19.1 Å². The number of carbonyl (C=O) groups is 2. The third-order valence-corrected chi connectivity index (χ3v) is 7.20. The van der Waals surface area contributed by atoms with Crippen LogP contribution in [0.5, 0.6) is 11.8 Å². The fraction of sp³-hybridized carbons (Fsp3) is 0.310. The van der Waals surface area contributed by atoms with Gasteiger partial charge < -0.3 is 14.0 Å². The van der Waals surface area contributed by atoms with E-state index in [0.717, 1.165) is 53.8 Å². The lowest BCUT2D eigenvalue weighted by atomic mass is 9.88. The van der Waals surface area contributed by atoms with Gasteiger partial charge in [0.1, 0.15) is 11.3 Å². The summed E-state index contributed by atoms with van der Waals surface area (Å²) in [6.45, 7) is 3.04. The molecule has 1 aliphatic rings. The monoisotopic (exact) mass is 552 g/mol. The number of carbonyl (C=O) groups excluding carboxylic acids is 2. The molecule has 0 atom stereocenters. The molecule has 0 spiro atoms. The molecule has 1 saturated carbocycles. The Bertz CT molecular complexity index is 1710. The first-order chi connectivity index (χ1) is 20.0.